The molecule has 0 aromatic heterocycles. The minimum Gasteiger partial charge on any atom is -0.396 e. The maximum Gasteiger partial charge on any atom is 0.240 e. The van der Waals surface area contributed by atoms with Crippen LogP contribution in [-0.2, 0) is 16.8 Å². The highest BCUT2D eigenvalue weighted by Crippen LogP contribution is 2.52. The summed E-state index contributed by atoms with van der Waals surface area (Å²) in [6.07, 6.45) is 3.38. The summed E-state index contributed by atoms with van der Waals surface area (Å²) in [5.41, 5.74) is 1.89. The van der Waals surface area contributed by atoms with Gasteiger partial charge in [-0.3, -0.25) is 4.79 Å². The van der Waals surface area contributed by atoms with Crippen LogP contribution in [0, 0.1) is 17.6 Å². The van der Waals surface area contributed by atoms with E-state index in [-0.39, 0.29) is 24.0 Å². The summed E-state index contributed by atoms with van der Waals surface area (Å²) < 4.78 is 28.4. The lowest BCUT2D eigenvalue weighted by molar-refractivity contribution is -0.138. The van der Waals surface area contributed by atoms with Crippen molar-refractivity contribution in [3.05, 3.63) is 70.8 Å². The van der Waals surface area contributed by atoms with Crippen molar-refractivity contribution in [2.75, 3.05) is 6.61 Å². The normalized spacial score (nSPS) is 23.2. The van der Waals surface area contributed by atoms with Gasteiger partial charge in [-0.2, -0.15) is 5.10 Å². The number of hydrogen-bond donors (Lipinski definition) is 1. The molecule has 4 rings (SSSR count). The first-order valence-corrected chi connectivity index (χ1v) is 10.0. The molecule has 0 radical (unpaired) electrons. The summed E-state index contributed by atoms with van der Waals surface area (Å²) >= 11 is 0. The third-order valence-corrected chi connectivity index (χ3v) is 6.21. The maximum absolute atomic E-state index is 14.5. The van der Waals surface area contributed by atoms with Crippen molar-refractivity contribution < 1.29 is 18.7 Å². The van der Waals surface area contributed by atoms with E-state index in [0.29, 0.717) is 18.6 Å². The first kappa shape index (κ1) is 19.7. The number of fused-ring (bicyclic) bond motifs is 2. The molecule has 1 aliphatic carbocycles. The number of aryl methyl sites for hydroxylation is 1. The van der Waals surface area contributed by atoms with Gasteiger partial charge in [0.15, 0.2) is 0 Å². The number of aliphatic hydroxyl groups is 1. The van der Waals surface area contributed by atoms with Crippen molar-refractivity contribution in [2.24, 2.45) is 11.0 Å². The highest BCUT2D eigenvalue weighted by molar-refractivity contribution is 6.04. The highest BCUT2D eigenvalue weighted by Gasteiger charge is 2.54. The van der Waals surface area contributed by atoms with Gasteiger partial charge in [0.05, 0.1) is 11.3 Å². The molecule has 6 heteroatoms. The van der Waals surface area contributed by atoms with Crippen molar-refractivity contribution in [3.8, 4) is 0 Å². The van der Waals surface area contributed by atoms with Crippen LogP contribution in [0.2, 0.25) is 0 Å². The summed E-state index contributed by atoms with van der Waals surface area (Å²) in [7, 11) is 0. The molecule has 1 N–H and O–H groups in total. The van der Waals surface area contributed by atoms with Gasteiger partial charge in [0.25, 0.3) is 0 Å². The van der Waals surface area contributed by atoms with Gasteiger partial charge < -0.3 is 5.11 Å². The Kier molecular flexibility index (Phi) is 5.21. The lowest BCUT2D eigenvalue weighted by Crippen LogP contribution is -2.51. The van der Waals surface area contributed by atoms with Crippen molar-refractivity contribution in [1.82, 2.24) is 5.01 Å². The molecule has 0 bridgehead atoms. The Morgan fingerprint density at radius 3 is 2.83 bits per heavy atom. The Hall–Kier alpha value is -2.60. The van der Waals surface area contributed by atoms with Gasteiger partial charge in [-0.1, -0.05) is 24.3 Å². The van der Waals surface area contributed by atoms with Gasteiger partial charge in [0, 0.05) is 25.5 Å². The Morgan fingerprint density at radius 2 is 2.07 bits per heavy atom. The second-order valence-electron chi connectivity index (χ2n) is 7.86. The van der Waals surface area contributed by atoms with Gasteiger partial charge >= 0.3 is 0 Å². The number of benzene rings is 2. The van der Waals surface area contributed by atoms with E-state index >= 15 is 0 Å². The molecule has 1 aliphatic heterocycles. The van der Waals surface area contributed by atoms with Gasteiger partial charge in [-0.25, -0.2) is 13.8 Å². The van der Waals surface area contributed by atoms with E-state index in [2.05, 4.69) is 11.2 Å². The van der Waals surface area contributed by atoms with Crippen LogP contribution < -0.4 is 0 Å². The fraction of sp³-hybridized carbons (Fsp3) is 0.391. The number of hydrazone groups is 1. The summed E-state index contributed by atoms with van der Waals surface area (Å²) in [6, 6.07) is 11.3. The van der Waals surface area contributed by atoms with Crippen molar-refractivity contribution >= 4 is 11.6 Å². The lowest BCUT2D eigenvalue weighted by atomic mass is 9.65. The third kappa shape index (κ3) is 3.25. The van der Waals surface area contributed by atoms with E-state index in [4.69, 9.17) is 0 Å². The lowest BCUT2D eigenvalue weighted by Gasteiger charge is -2.47. The van der Waals surface area contributed by atoms with E-state index in [0.717, 1.165) is 48.6 Å². The largest absolute Gasteiger partial charge is 0.396 e. The molecule has 2 atom stereocenters. The van der Waals surface area contributed by atoms with Crippen LogP contribution in [0.3, 0.4) is 0 Å². The Balaban J connectivity index is 1.87. The number of hydrogen-bond acceptors (Lipinski definition) is 3. The molecule has 4 nitrogen and oxygen atoms in total. The minimum absolute atomic E-state index is 0.0614. The standard InChI is InChI=1S/C23H24F2N2O2/c1-15(29)27-23(14-22(26-27)19-13-18(24)10-11-21(19)25)17(6-4-12-28)9-8-16-5-2-3-7-20(16)23/h2-3,5,7,10-11,13,17,28H,4,6,8-9,12,14H2,1H3. The van der Waals surface area contributed by atoms with Crippen LogP contribution in [0.4, 0.5) is 8.78 Å². The zero-order chi connectivity index (χ0) is 20.6. The number of nitrogens with zero attached hydrogens (tertiary/aromatic N) is 2. The van der Waals surface area contributed by atoms with Gasteiger partial charge in [-0.15, -0.1) is 0 Å². The SMILES string of the molecule is CC(=O)N1N=C(c2cc(F)ccc2F)CC12c1ccccc1CCC2CCCO. The smallest absolute Gasteiger partial charge is 0.240 e. The number of amides is 1. The van der Waals surface area contributed by atoms with Crippen LogP contribution in [-0.4, -0.2) is 28.3 Å². The van der Waals surface area contributed by atoms with Crippen LogP contribution >= 0.6 is 0 Å². The third-order valence-electron chi connectivity index (χ3n) is 6.21. The summed E-state index contributed by atoms with van der Waals surface area (Å²) in [5.74, 6) is -1.27. The minimum atomic E-state index is -0.746. The molecule has 1 amide bonds. The Labute approximate surface area is 168 Å². The fourth-order valence-corrected chi connectivity index (χ4v) is 4.99. The van der Waals surface area contributed by atoms with Crippen molar-refractivity contribution in [1.29, 1.82) is 0 Å². The number of aliphatic hydroxyl groups excluding tert-OH is 1. The molecule has 2 aliphatic rings. The van der Waals surface area contributed by atoms with Crippen LogP contribution in [0.1, 0.15) is 49.3 Å². The number of carbonyl (C=O) groups excluding carboxylic acids is 1. The van der Waals surface area contributed by atoms with Crippen LogP contribution in [0.25, 0.3) is 0 Å². The molecule has 1 spiro atoms. The molecule has 2 aromatic rings. The van der Waals surface area contributed by atoms with Gasteiger partial charge in [0.2, 0.25) is 5.91 Å². The summed E-state index contributed by atoms with van der Waals surface area (Å²) in [6.45, 7) is 1.52. The topological polar surface area (TPSA) is 52.9 Å². The Morgan fingerprint density at radius 1 is 1.28 bits per heavy atom. The molecule has 1 heterocycles. The first-order chi connectivity index (χ1) is 14.0. The van der Waals surface area contributed by atoms with E-state index in [1.807, 2.05) is 18.2 Å². The Bertz CT molecular complexity index is 975. The van der Waals surface area contributed by atoms with Crippen LogP contribution in [0.15, 0.2) is 47.6 Å². The molecule has 2 aromatic carbocycles. The van der Waals surface area contributed by atoms with Crippen molar-refractivity contribution in [2.45, 2.75) is 44.6 Å². The van der Waals surface area contributed by atoms with Gasteiger partial charge in [-0.05, 0) is 60.9 Å². The van der Waals surface area contributed by atoms with E-state index in [1.165, 1.54) is 11.9 Å². The molecule has 0 fully saturated rings. The average Bonchev–Trinajstić information content (AvgIpc) is 3.11. The van der Waals surface area contributed by atoms with E-state index < -0.39 is 17.2 Å². The van der Waals surface area contributed by atoms with Crippen molar-refractivity contribution in [3.63, 3.8) is 0 Å². The molecule has 2 unspecified atom stereocenters. The quantitative estimate of drug-likeness (QED) is 0.841. The molecular formula is C23H24F2N2O2. The maximum atomic E-state index is 14.5. The van der Waals surface area contributed by atoms with E-state index in [1.54, 1.807) is 0 Å². The zero-order valence-corrected chi connectivity index (χ0v) is 16.4. The van der Waals surface area contributed by atoms with E-state index in [9.17, 15) is 18.7 Å². The molecule has 29 heavy (non-hydrogen) atoms. The molecule has 152 valence electrons. The number of rotatable bonds is 4. The van der Waals surface area contributed by atoms with Gasteiger partial charge in [0.1, 0.15) is 11.6 Å². The number of halogens is 2. The molecular weight excluding hydrogens is 374 g/mol. The molecule has 0 saturated carbocycles. The fourth-order valence-electron chi connectivity index (χ4n) is 4.99. The highest BCUT2D eigenvalue weighted by atomic mass is 19.1. The second-order valence-corrected chi connectivity index (χ2v) is 7.86. The molecule has 0 saturated heterocycles. The predicted octanol–water partition coefficient (Wildman–Crippen LogP) is 4.15. The second kappa shape index (κ2) is 7.67. The number of carbonyl (C=O) groups is 1. The zero-order valence-electron chi connectivity index (χ0n) is 16.4. The van der Waals surface area contributed by atoms with Crippen LogP contribution in [0.5, 0.6) is 0 Å². The monoisotopic (exact) mass is 398 g/mol. The average molecular weight is 398 g/mol. The first-order valence-electron chi connectivity index (χ1n) is 10.0. The predicted molar refractivity (Wildman–Crippen MR) is 106 cm³/mol. The summed E-state index contributed by atoms with van der Waals surface area (Å²) in [4.78, 5) is 12.7. The summed E-state index contributed by atoms with van der Waals surface area (Å²) in [5, 5.41) is 15.4.